The molecular weight excluding hydrogens is 334 g/mol. The van der Waals surface area contributed by atoms with Gasteiger partial charge in [-0.3, -0.25) is 14.6 Å². The van der Waals surface area contributed by atoms with Crippen LogP contribution in [-0.2, 0) is 11.3 Å². The molecule has 2 aromatic carbocycles. The molecule has 0 aromatic heterocycles. The van der Waals surface area contributed by atoms with Gasteiger partial charge in [-0.05, 0) is 35.6 Å². The van der Waals surface area contributed by atoms with Gasteiger partial charge in [-0.25, -0.2) is 0 Å². The summed E-state index contributed by atoms with van der Waals surface area (Å²) in [5.41, 5.74) is 4.88. The highest BCUT2D eigenvalue weighted by atomic mass is 16.2. The Morgan fingerprint density at radius 1 is 0.963 bits per heavy atom. The molecule has 144 valence electrons. The van der Waals surface area contributed by atoms with Crippen LogP contribution in [0.15, 0.2) is 48.5 Å². The average molecular weight is 366 g/mol. The number of nitrogens with zero attached hydrogens (tertiary/aromatic N) is 2. The SMILES string of the molecule is Cc1ccccc1CN1CCN(CC(=O)Nc2ccccc2C(C)C)CC1. The Balaban J connectivity index is 1.48. The summed E-state index contributed by atoms with van der Waals surface area (Å²) >= 11 is 0. The highest BCUT2D eigenvalue weighted by Gasteiger charge is 2.20. The van der Waals surface area contributed by atoms with Crippen LogP contribution < -0.4 is 5.32 Å². The molecule has 0 bridgehead atoms. The van der Waals surface area contributed by atoms with E-state index in [2.05, 4.69) is 66.2 Å². The average Bonchev–Trinajstić information content (AvgIpc) is 2.65. The number of para-hydroxylation sites is 1. The molecule has 1 heterocycles. The third-order valence-corrected chi connectivity index (χ3v) is 5.34. The van der Waals surface area contributed by atoms with Crippen LogP contribution in [0.3, 0.4) is 0 Å². The smallest absolute Gasteiger partial charge is 0.238 e. The zero-order chi connectivity index (χ0) is 19.2. The normalized spacial score (nSPS) is 15.9. The Kier molecular flexibility index (Phi) is 6.64. The van der Waals surface area contributed by atoms with E-state index in [1.807, 2.05) is 18.2 Å². The van der Waals surface area contributed by atoms with E-state index in [0.717, 1.165) is 38.4 Å². The third kappa shape index (κ3) is 5.41. The zero-order valence-electron chi connectivity index (χ0n) is 16.7. The molecule has 0 spiro atoms. The standard InChI is InChI=1S/C23H31N3O/c1-18(2)21-10-6-7-11-22(21)24-23(27)17-26-14-12-25(13-15-26)16-20-9-5-4-8-19(20)3/h4-11,18H,12-17H2,1-3H3,(H,24,27). The number of anilines is 1. The van der Waals surface area contributed by atoms with Crippen LogP contribution in [0.4, 0.5) is 5.69 Å². The van der Waals surface area contributed by atoms with Crippen LogP contribution in [0.5, 0.6) is 0 Å². The predicted octanol–water partition coefficient (Wildman–Crippen LogP) is 3.87. The van der Waals surface area contributed by atoms with Crippen molar-refractivity contribution in [3.05, 3.63) is 65.2 Å². The Morgan fingerprint density at radius 3 is 2.30 bits per heavy atom. The molecule has 0 atom stereocenters. The number of rotatable bonds is 6. The van der Waals surface area contributed by atoms with Crippen molar-refractivity contribution in [1.29, 1.82) is 0 Å². The van der Waals surface area contributed by atoms with Gasteiger partial charge in [-0.2, -0.15) is 0 Å². The summed E-state index contributed by atoms with van der Waals surface area (Å²) in [5, 5.41) is 3.10. The number of carbonyl (C=O) groups is 1. The number of benzene rings is 2. The zero-order valence-corrected chi connectivity index (χ0v) is 16.7. The Morgan fingerprint density at radius 2 is 1.59 bits per heavy atom. The molecule has 1 fully saturated rings. The van der Waals surface area contributed by atoms with Crippen molar-refractivity contribution < 1.29 is 4.79 Å². The minimum absolute atomic E-state index is 0.0791. The monoisotopic (exact) mass is 365 g/mol. The maximum Gasteiger partial charge on any atom is 0.238 e. The van der Waals surface area contributed by atoms with Crippen molar-refractivity contribution in [1.82, 2.24) is 9.80 Å². The predicted molar refractivity (Wildman–Crippen MR) is 112 cm³/mol. The summed E-state index contributed by atoms with van der Waals surface area (Å²) in [7, 11) is 0. The van der Waals surface area contributed by atoms with Crippen LogP contribution in [-0.4, -0.2) is 48.4 Å². The maximum absolute atomic E-state index is 12.5. The fraction of sp³-hybridized carbons (Fsp3) is 0.435. The molecule has 4 heteroatoms. The van der Waals surface area contributed by atoms with Crippen LogP contribution >= 0.6 is 0 Å². The number of aryl methyl sites for hydroxylation is 1. The largest absolute Gasteiger partial charge is 0.325 e. The van der Waals surface area contributed by atoms with E-state index in [9.17, 15) is 4.79 Å². The molecule has 4 nitrogen and oxygen atoms in total. The fourth-order valence-corrected chi connectivity index (χ4v) is 3.64. The lowest BCUT2D eigenvalue weighted by molar-refractivity contribution is -0.117. The quantitative estimate of drug-likeness (QED) is 0.844. The van der Waals surface area contributed by atoms with Crippen molar-refractivity contribution in [2.24, 2.45) is 0 Å². The number of piperazine rings is 1. The Hall–Kier alpha value is -2.17. The first-order valence-electron chi connectivity index (χ1n) is 9.91. The number of carbonyl (C=O) groups excluding carboxylic acids is 1. The molecule has 1 N–H and O–H groups in total. The first kappa shape index (κ1) is 19.6. The highest BCUT2D eigenvalue weighted by Crippen LogP contribution is 2.23. The molecule has 0 radical (unpaired) electrons. The molecule has 1 aliphatic heterocycles. The number of hydrogen-bond acceptors (Lipinski definition) is 3. The number of nitrogens with one attached hydrogen (secondary N) is 1. The second-order valence-electron chi connectivity index (χ2n) is 7.77. The summed E-state index contributed by atoms with van der Waals surface area (Å²) in [6.45, 7) is 11.8. The molecule has 1 amide bonds. The van der Waals surface area contributed by atoms with Gasteiger partial charge >= 0.3 is 0 Å². The topological polar surface area (TPSA) is 35.6 Å². The molecule has 1 saturated heterocycles. The van der Waals surface area contributed by atoms with Crippen molar-refractivity contribution in [3.8, 4) is 0 Å². The van der Waals surface area contributed by atoms with Crippen molar-refractivity contribution >= 4 is 11.6 Å². The first-order chi connectivity index (χ1) is 13.0. The van der Waals surface area contributed by atoms with E-state index in [-0.39, 0.29) is 5.91 Å². The van der Waals surface area contributed by atoms with E-state index in [1.54, 1.807) is 0 Å². The van der Waals surface area contributed by atoms with E-state index < -0.39 is 0 Å². The molecule has 27 heavy (non-hydrogen) atoms. The molecule has 0 aliphatic carbocycles. The van der Waals surface area contributed by atoms with Gasteiger partial charge in [0.15, 0.2) is 0 Å². The number of amides is 1. The molecule has 0 saturated carbocycles. The fourth-order valence-electron chi connectivity index (χ4n) is 3.64. The van der Waals surface area contributed by atoms with Crippen LogP contribution in [0.1, 0.15) is 36.5 Å². The van der Waals surface area contributed by atoms with E-state index >= 15 is 0 Å². The molecule has 2 aromatic rings. The molecular formula is C23H31N3O. The first-order valence-corrected chi connectivity index (χ1v) is 9.91. The molecule has 3 rings (SSSR count). The maximum atomic E-state index is 12.5. The Bertz CT molecular complexity index is 764. The summed E-state index contributed by atoms with van der Waals surface area (Å²) in [5.74, 6) is 0.474. The second kappa shape index (κ2) is 9.16. The van der Waals surface area contributed by atoms with Crippen LogP contribution in [0.25, 0.3) is 0 Å². The van der Waals surface area contributed by atoms with Gasteiger partial charge in [0.2, 0.25) is 5.91 Å². The van der Waals surface area contributed by atoms with E-state index in [0.29, 0.717) is 12.5 Å². The summed E-state index contributed by atoms with van der Waals surface area (Å²) < 4.78 is 0. The van der Waals surface area contributed by atoms with Gasteiger partial charge in [-0.15, -0.1) is 0 Å². The minimum atomic E-state index is 0.0791. The highest BCUT2D eigenvalue weighted by molar-refractivity contribution is 5.93. The van der Waals surface area contributed by atoms with Gasteiger partial charge in [0, 0.05) is 38.4 Å². The molecule has 0 unspecified atom stereocenters. The van der Waals surface area contributed by atoms with E-state index in [1.165, 1.54) is 16.7 Å². The summed E-state index contributed by atoms with van der Waals surface area (Å²) in [6, 6.07) is 16.7. The lowest BCUT2D eigenvalue weighted by atomic mass is 10.0. The molecule has 1 aliphatic rings. The third-order valence-electron chi connectivity index (χ3n) is 5.34. The summed E-state index contributed by atoms with van der Waals surface area (Å²) in [6.07, 6.45) is 0. The number of hydrogen-bond donors (Lipinski definition) is 1. The van der Waals surface area contributed by atoms with Crippen molar-refractivity contribution in [3.63, 3.8) is 0 Å². The second-order valence-corrected chi connectivity index (χ2v) is 7.77. The van der Waals surface area contributed by atoms with Gasteiger partial charge in [0.05, 0.1) is 6.54 Å². The van der Waals surface area contributed by atoms with Gasteiger partial charge in [-0.1, -0.05) is 56.3 Å². The Labute approximate surface area is 163 Å². The van der Waals surface area contributed by atoms with Crippen molar-refractivity contribution in [2.45, 2.75) is 33.2 Å². The summed E-state index contributed by atoms with van der Waals surface area (Å²) in [4.78, 5) is 17.2. The minimum Gasteiger partial charge on any atom is -0.325 e. The van der Waals surface area contributed by atoms with Gasteiger partial charge in [0.25, 0.3) is 0 Å². The lowest BCUT2D eigenvalue weighted by Gasteiger charge is -2.34. The lowest BCUT2D eigenvalue weighted by Crippen LogP contribution is -2.48. The van der Waals surface area contributed by atoms with E-state index in [4.69, 9.17) is 0 Å². The van der Waals surface area contributed by atoms with Gasteiger partial charge < -0.3 is 5.32 Å². The van der Waals surface area contributed by atoms with Crippen LogP contribution in [0, 0.1) is 6.92 Å². The van der Waals surface area contributed by atoms with Crippen molar-refractivity contribution in [2.75, 3.05) is 38.0 Å². The van der Waals surface area contributed by atoms with Crippen LogP contribution in [0.2, 0.25) is 0 Å². The van der Waals surface area contributed by atoms with Gasteiger partial charge in [0.1, 0.15) is 0 Å².